The molecule has 3 fully saturated rings. The SMILES string of the molecule is C[C@H]1C=C[C@H]2CC[C@H]3OCC[C@H]4CC[C@@H]1[C@H]2C3O4. The number of fused-ring (bicyclic) bond motifs is 1. The largest absolute Gasteiger partial charge is 0.375 e. The van der Waals surface area contributed by atoms with E-state index in [1.807, 2.05) is 0 Å². The molecule has 2 aliphatic carbocycles. The molecule has 2 heteroatoms. The van der Waals surface area contributed by atoms with Crippen molar-refractivity contribution in [2.24, 2.45) is 23.7 Å². The van der Waals surface area contributed by atoms with Gasteiger partial charge in [-0.1, -0.05) is 19.1 Å². The van der Waals surface area contributed by atoms with Crippen molar-refractivity contribution in [1.29, 1.82) is 0 Å². The van der Waals surface area contributed by atoms with E-state index in [1.54, 1.807) is 0 Å². The third-order valence-corrected chi connectivity index (χ3v) is 5.80. The molecule has 1 unspecified atom stereocenters. The summed E-state index contributed by atoms with van der Waals surface area (Å²) in [6.07, 6.45) is 12.4. The Kier molecular flexibility index (Phi) is 2.77. The van der Waals surface area contributed by atoms with Crippen molar-refractivity contribution in [1.82, 2.24) is 0 Å². The molecule has 0 aromatic heterocycles. The summed E-state index contributed by atoms with van der Waals surface area (Å²) in [6, 6.07) is 0. The van der Waals surface area contributed by atoms with E-state index in [-0.39, 0.29) is 0 Å². The molecule has 0 amide bonds. The summed E-state index contributed by atoms with van der Waals surface area (Å²) in [6.45, 7) is 3.31. The quantitative estimate of drug-likeness (QED) is 0.613. The van der Waals surface area contributed by atoms with Crippen molar-refractivity contribution in [3.05, 3.63) is 12.2 Å². The van der Waals surface area contributed by atoms with E-state index in [9.17, 15) is 0 Å². The van der Waals surface area contributed by atoms with Crippen LogP contribution in [0.1, 0.15) is 39.0 Å². The molecule has 100 valence electrons. The highest BCUT2D eigenvalue weighted by molar-refractivity contribution is 5.10. The molecule has 2 nitrogen and oxygen atoms in total. The predicted octanol–water partition coefficient (Wildman–Crippen LogP) is 3.17. The van der Waals surface area contributed by atoms with Gasteiger partial charge in [0.1, 0.15) is 0 Å². The lowest BCUT2D eigenvalue weighted by molar-refractivity contribution is -0.124. The maximum absolute atomic E-state index is 6.47. The van der Waals surface area contributed by atoms with Gasteiger partial charge in [0.05, 0.1) is 18.3 Å². The van der Waals surface area contributed by atoms with Crippen LogP contribution >= 0.6 is 0 Å². The van der Waals surface area contributed by atoms with Crippen LogP contribution in [-0.4, -0.2) is 24.9 Å². The zero-order valence-electron chi connectivity index (χ0n) is 11.3. The van der Waals surface area contributed by atoms with Gasteiger partial charge in [-0.3, -0.25) is 0 Å². The molecule has 0 spiro atoms. The summed E-state index contributed by atoms with van der Waals surface area (Å²) < 4.78 is 12.6. The molecular weight excluding hydrogens is 224 g/mol. The van der Waals surface area contributed by atoms with Crippen molar-refractivity contribution in [3.8, 4) is 0 Å². The number of hydrogen-bond acceptors (Lipinski definition) is 2. The third kappa shape index (κ3) is 1.69. The molecule has 4 rings (SSSR count). The van der Waals surface area contributed by atoms with E-state index in [4.69, 9.17) is 9.47 Å². The van der Waals surface area contributed by atoms with Crippen LogP contribution in [0.25, 0.3) is 0 Å². The number of ether oxygens (including phenoxy) is 2. The molecule has 0 N–H and O–H groups in total. The van der Waals surface area contributed by atoms with Crippen molar-refractivity contribution >= 4 is 0 Å². The monoisotopic (exact) mass is 248 g/mol. The minimum atomic E-state index is 0.385. The van der Waals surface area contributed by atoms with Gasteiger partial charge in [0.2, 0.25) is 0 Å². The molecular formula is C16H24O2. The van der Waals surface area contributed by atoms with Crippen molar-refractivity contribution in [3.63, 3.8) is 0 Å². The highest BCUT2D eigenvalue weighted by Crippen LogP contribution is 2.49. The van der Waals surface area contributed by atoms with E-state index >= 15 is 0 Å². The Labute approximate surface area is 110 Å². The number of hydrogen-bond donors (Lipinski definition) is 0. The van der Waals surface area contributed by atoms with Crippen LogP contribution in [-0.2, 0) is 9.47 Å². The van der Waals surface area contributed by atoms with Gasteiger partial charge < -0.3 is 9.47 Å². The minimum absolute atomic E-state index is 0.385. The summed E-state index contributed by atoms with van der Waals surface area (Å²) in [5.41, 5.74) is 0. The van der Waals surface area contributed by atoms with Crippen LogP contribution < -0.4 is 0 Å². The highest BCUT2D eigenvalue weighted by Gasteiger charge is 2.49. The Morgan fingerprint density at radius 2 is 1.94 bits per heavy atom. The normalized spacial score (nSPS) is 54.6. The van der Waals surface area contributed by atoms with E-state index < -0.39 is 0 Å². The van der Waals surface area contributed by atoms with Crippen LogP contribution in [0, 0.1) is 23.7 Å². The molecule has 2 saturated heterocycles. The first-order chi connectivity index (χ1) is 8.83. The first-order valence-electron chi connectivity index (χ1n) is 7.78. The van der Waals surface area contributed by atoms with Crippen LogP contribution in [0.3, 0.4) is 0 Å². The van der Waals surface area contributed by atoms with Gasteiger partial charge in [0.15, 0.2) is 0 Å². The zero-order chi connectivity index (χ0) is 12.1. The molecule has 0 radical (unpaired) electrons. The lowest BCUT2D eigenvalue weighted by atomic mass is 9.62. The smallest absolute Gasteiger partial charge is 0.0876 e. The highest BCUT2D eigenvalue weighted by atomic mass is 16.6. The number of rotatable bonds is 0. The van der Waals surface area contributed by atoms with Gasteiger partial charge >= 0.3 is 0 Å². The second-order valence-corrected chi connectivity index (χ2v) is 6.72. The van der Waals surface area contributed by atoms with Gasteiger partial charge in [-0.15, -0.1) is 0 Å². The summed E-state index contributed by atoms with van der Waals surface area (Å²) in [5.74, 6) is 3.05. The lowest BCUT2D eigenvalue weighted by Gasteiger charge is -2.47. The molecule has 7 atom stereocenters. The van der Waals surface area contributed by atoms with E-state index in [0.717, 1.165) is 36.7 Å². The van der Waals surface area contributed by atoms with Gasteiger partial charge in [-0.05, 0) is 55.8 Å². The average Bonchev–Trinajstić information content (AvgIpc) is 2.70. The van der Waals surface area contributed by atoms with Crippen LogP contribution in [0.4, 0.5) is 0 Å². The average molecular weight is 248 g/mol. The second kappa shape index (κ2) is 4.35. The van der Waals surface area contributed by atoms with Gasteiger partial charge in [0.25, 0.3) is 0 Å². The van der Waals surface area contributed by atoms with Crippen molar-refractivity contribution in [2.45, 2.75) is 57.3 Å². The summed E-state index contributed by atoms with van der Waals surface area (Å²) >= 11 is 0. The fraction of sp³-hybridized carbons (Fsp3) is 0.875. The van der Waals surface area contributed by atoms with Gasteiger partial charge in [-0.25, -0.2) is 0 Å². The van der Waals surface area contributed by atoms with E-state index in [0.29, 0.717) is 18.3 Å². The van der Waals surface area contributed by atoms with Crippen molar-refractivity contribution < 1.29 is 9.47 Å². The molecule has 1 saturated carbocycles. The molecule has 2 aliphatic heterocycles. The molecule has 2 heterocycles. The first-order valence-corrected chi connectivity index (χ1v) is 7.78. The Balaban J connectivity index is 1.72. The molecule has 18 heavy (non-hydrogen) atoms. The second-order valence-electron chi connectivity index (χ2n) is 6.72. The fourth-order valence-electron chi connectivity index (χ4n) is 4.85. The van der Waals surface area contributed by atoms with Crippen LogP contribution in [0.5, 0.6) is 0 Å². The fourth-order valence-corrected chi connectivity index (χ4v) is 4.85. The van der Waals surface area contributed by atoms with E-state index in [2.05, 4.69) is 19.1 Å². The standard InChI is InChI=1S/C16H24O2/c1-10-2-3-11-4-7-14-16-15(11)13(10)6-5-12(18-16)8-9-17-14/h2-3,10-16H,4-9H2,1H3/t10-,11-,12+,13-,14+,15-,16?/m0/s1. The van der Waals surface area contributed by atoms with Crippen molar-refractivity contribution in [2.75, 3.05) is 6.61 Å². The molecule has 0 aromatic rings. The summed E-state index contributed by atoms with van der Waals surface area (Å²) in [7, 11) is 0. The zero-order valence-corrected chi connectivity index (χ0v) is 11.3. The molecule has 0 aromatic carbocycles. The first kappa shape index (κ1) is 11.5. The van der Waals surface area contributed by atoms with Crippen LogP contribution in [0.2, 0.25) is 0 Å². The maximum Gasteiger partial charge on any atom is 0.0876 e. The van der Waals surface area contributed by atoms with E-state index in [1.165, 1.54) is 25.7 Å². The Morgan fingerprint density at radius 1 is 1.00 bits per heavy atom. The Hall–Kier alpha value is -0.340. The third-order valence-electron chi connectivity index (χ3n) is 5.80. The number of allylic oxidation sites excluding steroid dienone is 2. The lowest BCUT2D eigenvalue weighted by Crippen LogP contribution is -2.49. The minimum Gasteiger partial charge on any atom is -0.375 e. The Bertz CT molecular complexity index is 351. The Morgan fingerprint density at radius 3 is 2.89 bits per heavy atom. The summed E-state index contributed by atoms with van der Waals surface area (Å²) in [5, 5.41) is 0. The summed E-state index contributed by atoms with van der Waals surface area (Å²) in [4.78, 5) is 0. The molecule has 4 aliphatic rings. The topological polar surface area (TPSA) is 18.5 Å². The maximum atomic E-state index is 6.47. The van der Waals surface area contributed by atoms with Crippen LogP contribution in [0.15, 0.2) is 12.2 Å². The molecule has 2 bridgehead atoms. The predicted molar refractivity (Wildman–Crippen MR) is 70.3 cm³/mol. The van der Waals surface area contributed by atoms with Gasteiger partial charge in [-0.2, -0.15) is 0 Å². The van der Waals surface area contributed by atoms with Gasteiger partial charge in [0, 0.05) is 6.61 Å².